The monoisotopic (exact) mass is 1060 g/mol. The first-order valence-corrected chi connectivity index (χ1v) is 24.7. The van der Waals surface area contributed by atoms with Gasteiger partial charge in [-0.05, 0) is 110 Å². The van der Waals surface area contributed by atoms with Crippen LogP contribution in [0.15, 0.2) is 84.9 Å². The van der Waals surface area contributed by atoms with Gasteiger partial charge < -0.3 is 43.3 Å². The number of ether oxygens (including phenoxy) is 6. The van der Waals surface area contributed by atoms with Crippen LogP contribution in [-0.2, 0) is 51.4 Å². The molecule has 1 saturated carbocycles. The lowest BCUT2D eigenvalue weighted by atomic mass is 9.94. The number of nitrogens with zero attached hydrogens (tertiary/aromatic N) is 2. The van der Waals surface area contributed by atoms with Gasteiger partial charge in [0.25, 0.3) is 17.7 Å². The Balaban J connectivity index is 0.000000250. The van der Waals surface area contributed by atoms with Crippen LogP contribution < -0.4 is 24.8 Å². The zero-order chi connectivity index (χ0) is 55.4. The summed E-state index contributed by atoms with van der Waals surface area (Å²) in [5.74, 6) is 7.57. The predicted octanol–water partition coefficient (Wildman–Crippen LogP) is 2.95. The Labute approximate surface area is 437 Å². The number of hydrogen-bond donors (Lipinski definition) is 4. The average Bonchev–Trinajstić information content (AvgIpc) is 4.30. The van der Waals surface area contributed by atoms with Crippen molar-refractivity contribution in [3.63, 3.8) is 0 Å². The summed E-state index contributed by atoms with van der Waals surface area (Å²) in [6, 6.07) is 21.7. The van der Waals surface area contributed by atoms with E-state index in [1.165, 1.54) is 72.6 Å². The molecule has 1 fully saturated rings. The van der Waals surface area contributed by atoms with Crippen molar-refractivity contribution in [1.29, 1.82) is 0 Å². The Morgan fingerprint density at radius 2 is 1.01 bits per heavy atom. The molecule has 2 atom stereocenters. The molecule has 1 aliphatic carbocycles. The first kappa shape index (κ1) is 56.2. The molecule has 7 rings (SSSR count). The number of nitrogens with one attached hydrogen (secondary N) is 3. The average molecular weight is 1060 g/mol. The summed E-state index contributed by atoms with van der Waals surface area (Å²) in [6.07, 6.45) is 0.126. The molecule has 0 spiro atoms. The van der Waals surface area contributed by atoms with Crippen molar-refractivity contribution in [1.82, 2.24) is 25.2 Å². The van der Waals surface area contributed by atoms with Crippen molar-refractivity contribution in [2.24, 2.45) is 0 Å². The second-order valence-corrected chi connectivity index (χ2v) is 19.1. The summed E-state index contributed by atoms with van der Waals surface area (Å²) in [5, 5.41) is 13.4. The lowest BCUT2D eigenvalue weighted by Gasteiger charge is -2.35. The molecule has 2 heterocycles. The molecular weight excluding hydrogens is 1010 g/mol. The molecular formula is C53H53N5O17S. The van der Waals surface area contributed by atoms with E-state index in [0.29, 0.717) is 59.4 Å². The van der Waals surface area contributed by atoms with Crippen molar-refractivity contribution in [3.8, 4) is 35.2 Å². The van der Waals surface area contributed by atoms with Crippen LogP contribution in [0, 0.1) is 23.7 Å². The van der Waals surface area contributed by atoms with E-state index in [2.05, 4.69) is 43.8 Å². The van der Waals surface area contributed by atoms with E-state index in [9.17, 15) is 46.8 Å². The summed E-state index contributed by atoms with van der Waals surface area (Å²) < 4.78 is 56.0. The number of esters is 2. The van der Waals surface area contributed by atoms with Gasteiger partial charge in [0, 0.05) is 40.9 Å². The highest BCUT2D eigenvalue weighted by molar-refractivity contribution is 7.91. The number of sulfonamides is 1. The Bertz CT molecular complexity index is 3170. The highest BCUT2D eigenvalue weighted by Crippen LogP contribution is 2.29. The molecule has 4 aromatic carbocycles. The standard InChI is InChI=1S/C28H29N3O9S.C25H24N2O8/c1-38-21-9-8-19-13-15-31(25(33)23(19)16-21)17-28(26(34)39-2,29-27(35)40-3)14-12-18-4-6-20(7-5-18)24(32)30-41(36,37)22-10-11-22;1-33-19-9-8-17-11-13-27(21(28)20(17)14-19)15-25(23(31)34-2,26-24(32)35-3)12-10-16-4-6-18(7-5-16)22(29)30/h4-9,16,22H,10-11,13,15,17H2,1-3H3,(H,29,35)(H,30,32);4-9,14H,11,13,15H2,1-3H3,(H,26,32)(H,29,30)/t28-;25-/m11/s1. The number of alkyl carbamates (subject to hydrolysis) is 2. The van der Waals surface area contributed by atoms with Crippen LogP contribution >= 0.6 is 0 Å². The molecule has 3 aliphatic rings. The van der Waals surface area contributed by atoms with Gasteiger partial charge in [0.2, 0.25) is 21.1 Å². The van der Waals surface area contributed by atoms with Gasteiger partial charge in [0.15, 0.2) is 0 Å². The van der Waals surface area contributed by atoms with Gasteiger partial charge in [-0.15, -0.1) is 0 Å². The minimum Gasteiger partial charge on any atom is -0.497 e. The number of fused-ring (bicyclic) bond motifs is 2. The molecule has 0 saturated heterocycles. The molecule has 5 amide bonds. The number of rotatable bonds is 14. The van der Waals surface area contributed by atoms with E-state index in [1.54, 1.807) is 30.3 Å². The molecule has 0 unspecified atom stereocenters. The molecule has 398 valence electrons. The lowest BCUT2D eigenvalue weighted by molar-refractivity contribution is -0.147. The normalized spacial score (nSPS) is 14.9. The van der Waals surface area contributed by atoms with Gasteiger partial charge in [0.1, 0.15) is 11.5 Å². The number of methoxy groups -OCH3 is 6. The number of hydrogen-bond acceptors (Lipinski definition) is 16. The van der Waals surface area contributed by atoms with Crippen molar-refractivity contribution in [2.75, 3.05) is 68.8 Å². The van der Waals surface area contributed by atoms with Gasteiger partial charge in [0.05, 0.1) is 66.6 Å². The first-order chi connectivity index (χ1) is 36.2. The van der Waals surface area contributed by atoms with Crippen LogP contribution in [0.3, 0.4) is 0 Å². The van der Waals surface area contributed by atoms with Gasteiger partial charge in [-0.3, -0.25) is 25.0 Å². The largest absolute Gasteiger partial charge is 0.497 e. The number of amides is 5. The Morgan fingerprint density at radius 3 is 1.37 bits per heavy atom. The number of carbonyl (C=O) groups excluding carboxylic acids is 7. The van der Waals surface area contributed by atoms with Crippen molar-refractivity contribution in [2.45, 2.75) is 42.0 Å². The van der Waals surface area contributed by atoms with E-state index in [4.69, 9.17) is 28.8 Å². The maximum atomic E-state index is 13.4. The van der Waals surface area contributed by atoms with Gasteiger partial charge in [-0.1, -0.05) is 35.8 Å². The summed E-state index contributed by atoms with van der Waals surface area (Å²) >= 11 is 0. The number of carboxylic acids is 1. The fourth-order valence-electron chi connectivity index (χ4n) is 7.89. The Morgan fingerprint density at radius 1 is 0.605 bits per heavy atom. The van der Waals surface area contributed by atoms with Gasteiger partial charge in [-0.25, -0.2) is 37.1 Å². The van der Waals surface area contributed by atoms with E-state index < -0.39 is 62.4 Å². The molecule has 2 aliphatic heterocycles. The second kappa shape index (κ2) is 24.3. The Kier molecular flexibility index (Phi) is 18.0. The topological polar surface area (TPSA) is 289 Å². The zero-order valence-corrected chi connectivity index (χ0v) is 42.9. The fraction of sp³-hybridized carbons (Fsp3) is 0.321. The smallest absolute Gasteiger partial charge is 0.408 e. The first-order valence-electron chi connectivity index (χ1n) is 23.1. The number of aromatic carboxylic acids is 1. The van der Waals surface area contributed by atoms with Gasteiger partial charge in [-0.2, -0.15) is 0 Å². The number of carbonyl (C=O) groups is 8. The van der Waals surface area contributed by atoms with E-state index in [0.717, 1.165) is 39.6 Å². The summed E-state index contributed by atoms with van der Waals surface area (Å²) in [7, 11) is 3.78. The Hall–Kier alpha value is -9.09. The van der Waals surface area contributed by atoms with Crippen molar-refractivity contribution in [3.05, 3.63) is 129 Å². The third kappa shape index (κ3) is 13.4. The molecule has 76 heavy (non-hydrogen) atoms. The van der Waals surface area contributed by atoms with Crippen LogP contribution in [0.1, 0.15) is 76.5 Å². The molecule has 4 aromatic rings. The molecule has 23 heteroatoms. The maximum Gasteiger partial charge on any atom is 0.408 e. The summed E-state index contributed by atoms with van der Waals surface area (Å²) in [4.78, 5) is 104. The fourth-order valence-corrected chi connectivity index (χ4v) is 9.19. The zero-order valence-electron chi connectivity index (χ0n) is 42.1. The van der Waals surface area contributed by atoms with Crippen molar-refractivity contribution < 1.29 is 80.3 Å². The molecule has 22 nitrogen and oxygen atoms in total. The number of carboxylic acid groups (broad SMARTS) is 1. The highest BCUT2D eigenvalue weighted by Gasteiger charge is 2.46. The quantitative estimate of drug-likeness (QED) is 0.0802. The van der Waals surface area contributed by atoms with Crippen LogP contribution in [0.2, 0.25) is 0 Å². The second-order valence-electron chi connectivity index (χ2n) is 17.2. The maximum absolute atomic E-state index is 13.4. The third-order valence-electron chi connectivity index (χ3n) is 12.2. The molecule has 4 N–H and O–H groups in total. The SMILES string of the molecule is COC(=O)N[C@](C#Cc1ccc(C(=O)NS(=O)(=O)C2CC2)cc1)(CN1CCc2ccc(OC)cc2C1=O)C(=O)OC.COC(=O)N[C@](C#Cc1ccc(C(=O)O)cc1)(CN1CCc2ccc(OC)cc2C1=O)C(=O)OC. The van der Waals surface area contributed by atoms with E-state index >= 15 is 0 Å². The van der Waals surface area contributed by atoms with E-state index in [-0.39, 0.29) is 49.1 Å². The summed E-state index contributed by atoms with van der Waals surface area (Å²) in [5.41, 5.74) is -0.612. The number of benzene rings is 4. The lowest BCUT2D eigenvalue weighted by Crippen LogP contribution is -2.62. The van der Waals surface area contributed by atoms with Crippen LogP contribution in [-0.4, -0.2) is 156 Å². The highest BCUT2D eigenvalue weighted by atomic mass is 32.2. The molecule has 0 radical (unpaired) electrons. The minimum atomic E-state index is -3.71. The predicted molar refractivity (Wildman–Crippen MR) is 269 cm³/mol. The van der Waals surface area contributed by atoms with E-state index in [1.807, 2.05) is 6.07 Å². The van der Waals surface area contributed by atoms with Gasteiger partial charge >= 0.3 is 30.1 Å². The van der Waals surface area contributed by atoms with Crippen LogP contribution in [0.5, 0.6) is 11.5 Å². The van der Waals surface area contributed by atoms with Crippen LogP contribution in [0.4, 0.5) is 9.59 Å². The van der Waals surface area contributed by atoms with Crippen molar-refractivity contribution >= 4 is 57.8 Å². The third-order valence-corrected chi connectivity index (χ3v) is 14.0. The minimum absolute atomic E-state index is 0.0653. The molecule has 0 bridgehead atoms. The summed E-state index contributed by atoms with van der Waals surface area (Å²) in [6.45, 7) is -0.148. The molecule has 0 aromatic heterocycles. The van der Waals surface area contributed by atoms with Crippen LogP contribution in [0.25, 0.3) is 0 Å².